The van der Waals surface area contributed by atoms with Crippen molar-refractivity contribution in [3.63, 3.8) is 0 Å². The topological polar surface area (TPSA) is 49.3 Å². The van der Waals surface area contributed by atoms with Gasteiger partial charge in [0.25, 0.3) is 5.91 Å². The van der Waals surface area contributed by atoms with Crippen molar-refractivity contribution in [2.45, 2.75) is 6.42 Å². The lowest BCUT2D eigenvalue weighted by atomic mass is 10.0. The van der Waals surface area contributed by atoms with Gasteiger partial charge in [0.15, 0.2) is 0 Å². The predicted molar refractivity (Wildman–Crippen MR) is 63.9 cm³/mol. The Bertz CT molecular complexity index is 605. The molecule has 2 N–H and O–H groups in total. The number of rotatable bonds is 1. The van der Waals surface area contributed by atoms with Crippen molar-refractivity contribution in [2.75, 3.05) is 0 Å². The molecule has 0 aromatic heterocycles. The van der Waals surface area contributed by atoms with Crippen LogP contribution in [0, 0.1) is 0 Å². The fourth-order valence-corrected chi connectivity index (χ4v) is 2.33. The summed E-state index contributed by atoms with van der Waals surface area (Å²) in [6, 6.07) is 13.7. The summed E-state index contributed by atoms with van der Waals surface area (Å²) in [6.45, 7) is 0. The molecule has 0 fully saturated rings. The maximum atomic E-state index is 11.4. The van der Waals surface area contributed by atoms with Crippen molar-refractivity contribution < 1.29 is 10.0 Å². The average molecular weight is 225 g/mol. The minimum atomic E-state index is -0.475. The molecule has 84 valence electrons. The van der Waals surface area contributed by atoms with Crippen molar-refractivity contribution in [3.05, 3.63) is 59.2 Å². The minimum Gasteiger partial charge on any atom is -0.288 e. The van der Waals surface area contributed by atoms with Gasteiger partial charge in [-0.3, -0.25) is 10.0 Å². The van der Waals surface area contributed by atoms with Gasteiger partial charge in [-0.05, 0) is 40.8 Å². The molecule has 3 rings (SSSR count). The van der Waals surface area contributed by atoms with Gasteiger partial charge >= 0.3 is 0 Å². The highest BCUT2D eigenvalue weighted by Gasteiger charge is 2.19. The molecule has 0 spiro atoms. The highest BCUT2D eigenvalue weighted by atomic mass is 16.5. The van der Waals surface area contributed by atoms with Crippen LogP contribution in [-0.4, -0.2) is 11.1 Å². The third-order valence-corrected chi connectivity index (χ3v) is 3.16. The second-order valence-electron chi connectivity index (χ2n) is 4.15. The molecule has 1 aliphatic carbocycles. The quantitative estimate of drug-likeness (QED) is 0.493. The molecule has 0 unspecified atom stereocenters. The van der Waals surface area contributed by atoms with Gasteiger partial charge in [-0.25, -0.2) is 5.48 Å². The van der Waals surface area contributed by atoms with Crippen LogP contribution in [0.4, 0.5) is 0 Å². The molecule has 0 bridgehead atoms. The van der Waals surface area contributed by atoms with Gasteiger partial charge in [0.2, 0.25) is 0 Å². The molecule has 0 heterocycles. The molecule has 3 nitrogen and oxygen atoms in total. The summed E-state index contributed by atoms with van der Waals surface area (Å²) in [7, 11) is 0. The van der Waals surface area contributed by atoms with E-state index in [0.717, 1.165) is 12.0 Å². The van der Waals surface area contributed by atoms with Crippen LogP contribution in [0.15, 0.2) is 42.5 Å². The largest absolute Gasteiger partial charge is 0.288 e. The Morgan fingerprint density at radius 2 is 1.82 bits per heavy atom. The van der Waals surface area contributed by atoms with Crippen LogP contribution >= 0.6 is 0 Å². The van der Waals surface area contributed by atoms with Gasteiger partial charge in [-0.1, -0.05) is 30.3 Å². The van der Waals surface area contributed by atoms with Crippen LogP contribution < -0.4 is 5.48 Å². The Morgan fingerprint density at radius 3 is 2.65 bits per heavy atom. The zero-order chi connectivity index (χ0) is 11.8. The van der Waals surface area contributed by atoms with Crippen LogP contribution in [0.5, 0.6) is 0 Å². The number of carbonyl (C=O) groups excluding carboxylic acids is 1. The summed E-state index contributed by atoms with van der Waals surface area (Å²) in [4.78, 5) is 11.4. The van der Waals surface area contributed by atoms with Gasteiger partial charge in [0.05, 0.1) is 0 Å². The lowest BCUT2D eigenvalue weighted by molar-refractivity contribution is 0.0706. The van der Waals surface area contributed by atoms with E-state index in [1.807, 2.05) is 24.3 Å². The van der Waals surface area contributed by atoms with E-state index in [-0.39, 0.29) is 0 Å². The van der Waals surface area contributed by atoms with Crippen molar-refractivity contribution in [3.8, 4) is 11.1 Å². The van der Waals surface area contributed by atoms with E-state index in [4.69, 9.17) is 5.21 Å². The average Bonchev–Trinajstić information content (AvgIpc) is 2.75. The molecule has 0 radical (unpaired) electrons. The first-order chi connectivity index (χ1) is 8.29. The highest BCUT2D eigenvalue weighted by molar-refractivity contribution is 5.95. The third kappa shape index (κ3) is 1.52. The van der Waals surface area contributed by atoms with Crippen molar-refractivity contribution in [2.24, 2.45) is 0 Å². The standard InChI is InChI=1S/C14H11NO2/c16-14(15-17)11-6-5-10-7-9-3-1-2-4-12(9)13(10)8-11/h1-6,8,17H,7H2,(H,15,16). The monoisotopic (exact) mass is 225 g/mol. The number of amides is 1. The second kappa shape index (κ2) is 3.71. The van der Waals surface area contributed by atoms with E-state index in [9.17, 15) is 4.79 Å². The summed E-state index contributed by atoms with van der Waals surface area (Å²) in [6.07, 6.45) is 0.909. The maximum absolute atomic E-state index is 11.4. The molecule has 2 aromatic rings. The molecule has 1 aliphatic rings. The normalized spacial score (nSPS) is 11.8. The van der Waals surface area contributed by atoms with Gasteiger partial charge in [0, 0.05) is 5.56 Å². The van der Waals surface area contributed by atoms with Gasteiger partial charge < -0.3 is 0 Å². The number of carbonyl (C=O) groups is 1. The molecule has 0 saturated heterocycles. The van der Waals surface area contributed by atoms with E-state index >= 15 is 0 Å². The van der Waals surface area contributed by atoms with E-state index in [1.165, 1.54) is 16.7 Å². The van der Waals surface area contributed by atoms with E-state index in [1.54, 1.807) is 11.5 Å². The van der Waals surface area contributed by atoms with Gasteiger partial charge in [-0.2, -0.15) is 0 Å². The van der Waals surface area contributed by atoms with Crippen molar-refractivity contribution in [1.29, 1.82) is 0 Å². The first kappa shape index (κ1) is 10.1. The predicted octanol–water partition coefficient (Wildman–Crippen LogP) is 2.38. The molecule has 0 atom stereocenters. The van der Waals surface area contributed by atoms with Gasteiger partial charge in [0.1, 0.15) is 0 Å². The fraction of sp³-hybridized carbons (Fsp3) is 0.0714. The number of fused-ring (bicyclic) bond motifs is 3. The summed E-state index contributed by atoms with van der Waals surface area (Å²) < 4.78 is 0. The third-order valence-electron chi connectivity index (χ3n) is 3.16. The summed E-state index contributed by atoms with van der Waals surface area (Å²) in [5.41, 5.74) is 6.90. The SMILES string of the molecule is O=C(NO)c1ccc2c(c1)-c1ccccc1C2. The number of hydroxylamine groups is 1. The molecular weight excluding hydrogens is 214 g/mol. The second-order valence-corrected chi connectivity index (χ2v) is 4.15. The molecule has 2 aromatic carbocycles. The number of nitrogens with one attached hydrogen (secondary N) is 1. The molecule has 0 aliphatic heterocycles. The Kier molecular flexibility index (Phi) is 2.20. The molecular formula is C14H11NO2. The maximum Gasteiger partial charge on any atom is 0.274 e. The zero-order valence-corrected chi connectivity index (χ0v) is 9.10. The summed E-state index contributed by atoms with van der Waals surface area (Å²) in [5.74, 6) is -0.475. The van der Waals surface area contributed by atoms with Crippen molar-refractivity contribution in [1.82, 2.24) is 5.48 Å². The van der Waals surface area contributed by atoms with Gasteiger partial charge in [-0.15, -0.1) is 0 Å². The Balaban J connectivity index is 2.15. The van der Waals surface area contributed by atoms with E-state index in [2.05, 4.69) is 12.1 Å². The fourth-order valence-electron chi connectivity index (χ4n) is 2.33. The first-order valence-electron chi connectivity index (χ1n) is 5.45. The zero-order valence-electron chi connectivity index (χ0n) is 9.10. The van der Waals surface area contributed by atoms with E-state index < -0.39 is 5.91 Å². The lowest BCUT2D eigenvalue weighted by Gasteiger charge is -2.03. The molecule has 17 heavy (non-hydrogen) atoms. The van der Waals surface area contributed by atoms with Crippen LogP contribution in [0.25, 0.3) is 11.1 Å². The smallest absolute Gasteiger partial charge is 0.274 e. The van der Waals surface area contributed by atoms with Crippen LogP contribution in [0.1, 0.15) is 21.5 Å². The van der Waals surface area contributed by atoms with Crippen LogP contribution in [0.3, 0.4) is 0 Å². The Labute approximate surface area is 98.7 Å². The Morgan fingerprint density at radius 1 is 1.06 bits per heavy atom. The highest BCUT2D eigenvalue weighted by Crippen LogP contribution is 2.36. The number of hydrogen-bond acceptors (Lipinski definition) is 2. The van der Waals surface area contributed by atoms with E-state index in [0.29, 0.717) is 5.56 Å². The Hall–Kier alpha value is -2.13. The van der Waals surface area contributed by atoms with Crippen LogP contribution in [-0.2, 0) is 6.42 Å². The first-order valence-corrected chi connectivity index (χ1v) is 5.45. The van der Waals surface area contributed by atoms with Crippen LogP contribution in [0.2, 0.25) is 0 Å². The molecule has 3 heteroatoms. The lowest BCUT2D eigenvalue weighted by Crippen LogP contribution is -2.18. The van der Waals surface area contributed by atoms with Crippen molar-refractivity contribution >= 4 is 5.91 Å². The summed E-state index contributed by atoms with van der Waals surface area (Å²) >= 11 is 0. The molecule has 0 saturated carbocycles. The summed E-state index contributed by atoms with van der Waals surface area (Å²) in [5, 5.41) is 8.63. The minimum absolute atomic E-state index is 0.475. The molecule has 1 amide bonds. The number of benzene rings is 2. The number of hydrogen-bond donors (Lipinski definition) is 2.